The molecule has 3 aromatic carbocycles. The number of hydrogen-bond donors (Lipinski definition) is 2. The van der Waals surface area contributed by atoms with Gasteiger partial charge in [-0.2, -0.15) is 0 Å². The second-order valence-corrected chi connectivity index (χ2v) is 9.10. The van der Waals surface area contributed by atoms with Gasteiger partial charge in [0.2, 0.25) is 0 Å². The summed E-state index contributed by atoms with van der Waals surface area (Å²) in [5, 5.41) is 7.13. The molecule has 3 nitrogen and oxygen atoms in total. The van der Waals surface area contributed by atoms with Crippen LogP contribution >= 0.6 is 11.9 Å². The van der Waals surface area contributed by atoms with Crippen molar-refractivity contribution in [2.45, 2.75) is 43.4 Å². The van der Waals surface area contributed by atoms with Crippen LogP contribution in [0.4, 0.5) is 0 Å². The summed E-state index contributed by atoms with van der Waals surface area (Å²) in [7, 11) is 0. The highest BCUT2D eigenvalue weighted by molar-refractivity contribution is 7.97. The molecule has 1 atom stereocenters. The van der Waals surface area contributed by atoms with E-state index in [2.05, 4.69) is 99.9 Å². The van der Waals surface area contributed by atoms with Gasteiger partial charge >= 0.3 is 0 Å². The summed E-state index contributed by atoms with van der Waals surface area (Å²) in [5.74, 6) is 0. The maximum atomic E-state index is 3.59. The van der Waals surface area contributed by atoms with Gasteiger partial charge in [0.05, 0.1) is 0 Å². The van der Waals surface area contributed by atoms with E-state index in [1.54, 1.807) is 0 Å². The average molecular weight is 418 g/mol. The molecule has 0 radical (unpaired) electrons. The van der Waals surface area contributed by atoms with Gasteiger partial charge in [0.25, 0.3) is 0 Å². The van der Waals surface area contributed by atoms with Crippen molar-refractivity contribution in [2.24, 2.45) is 0 Å². The Morgan fingerprint density at radius 1 is 0.800 bits per heavy atom. The zero-order valence-corrected chi connectivity index (χ0v) is 18.3. The summed E-state index contributed by atoms with van der Waals surface area (Å²) in [6, 6.07) is 31.1. The Morgan fingerprint density at radius 2 is 1.43 bits per heavy atom. The van der Waals surface area contributed by atoms with Crippen LogP contribution in [0.3, 0.4) is 0 Å². The van der Waals surface area contributed by atoms with Crippen LogP contribution in [0.15, 0.2) is 89.8 Å². The third-order valence-electron chi connectivity index (χ3n) is 5.44. The maximum Gasteiger partial charge on any atom is 0.0347 e. The summed E-state index contributed by atoms with van der Waals surface area (Å²) in [6.07, 6.45) is 2.60. The minimum absolute atomic E-state index is 0.643. The number of nitrogens with one attached hydrogen (secondary N) is 2. The molecule has 30 heavy (non-hydrogen) atoms. The van der Waals surface area contributed by atoms with E-state index in [1.807, 2.05) is 11.9 Å². The number of nitrogens with zero attached hydrogens (tertiary/aromatic N) is 1. The summed E-state index contributed by atoms with van der Waals surface area (Å²) >= 11 is 1.83. The van der Waals surface area contributed by atoms with Crippen LogP contribution in [0.2, 0.25) is 0 Å². The van der Waals surface area contributed by atoms with Crippen molar-refractivity contribution in [3.05, 3.63) is 102 Å². The molecule has 4 rings (SSSR count). The Morgan fingerprint density at radius 3 is 2.00 bits per heavy atom. The topological polar surface area (TPSA) is 27.3 Å². The largest absolute Gasteiger partial charge is 0.313 e. The lowest BCUT2D eigenvalue weighted by Gasteiger charge is -2.21. The van der Waals surface area contributed by atoms with E-state index < -0.39 is 0 Å². The van der Waals surface area contributed by atoms with Crippen LogP contribution in [-0.2, 0) is 19.6 Å². The molecule has 0 aromatic heterocycles. The number of rotatable bonds is 10. The molecule has 4 heteroatoms. The first-order chi connectivity index (χ1) is 14.8. The van der Waals surface area contributed by atoms with Crippen LogP contribution in [-0.4, -0.2) is 23.4 Å². The average Bonchev–Trinajstić information content (AvgIpc) is 3.30. The van der Waals surface area contributed by atoms with Gasteiger partial charge in [0.15, 0.2) is 0 Å². The lowest BCUT2D eigenvalue weighted by molar-refractivity contribution is 0.462. The molecular weight excluding hydrogens is 386 g/mol. The minimum Gasteiger partial charge on any atom is -0.313 e. The van der Waals surface area contributed by atoms with Crippen molar-refractivity contribution in [2.75, 3.05) is 13.1 Å². The van der Waals surface area contributed by atoms with Crippen molar-refractivity contribution in [1.82, 2.24) is 14.9 Å². The zero-order valence-electron chi connectivity index (χ0n) is 17.5. The van der Waals surface area contributed by atoms with E-state index in [-0.39, 0.29) is 0 Å². The van der Waals surface area contributed by atoms with Gasteiger partial charge in [-0.3, -0.25) is 0 Å². The molecule has 0 saturated carbocycles. The lowest BCUT2D eigenvalue weighted by Crippen LogP contribution is -2.33. The Hall–Kier alpha value is -2.11. The summed E-state index contributed by atoms with van der Waals surface area (Å²) in [5.41, 5.74) is 4.01. The van der Waals surface area contributed by atoms with Gasteiger partial charge in [-0.1, -0.05) is 72.8 Å². The summed E-state index contributed by atoms with van der Waals surface area (Å²) in [6.45, 7) is 4.98. The third-order valence-corrected chi connectivity index (χ3v) is 6.44. The fourth-order valence-corrected chi connectivity index (χ4v) is 4.82. The van der Waals surface area contributed by atoms with Gasteiger partial charge in [0, 0.05) is 37.1 Å². The van der Waals surface area contributed by atoms with E-state index in [4.69, 9.17) is 0 Å². The van der Waals surface area contributed by atoms with Crippen molar-refractivity contribution in [1.29, 1.82) is 0 Å². The fraction of sp³-hybridized carbons (Fsp3) is 0.308. The first kappa shape index (κ1) is 21.1. The van der Waals surface area contributed by atoms with Crippen LogP contribution in [0.25, 0.3) is 0 Å². The van der Waals surface area contributed by atoms with E-state index in [0.717, 1.165) is 26.2 Å². The third kappa shape index (κ3) is 6.71. The summed E-state index contributed by atoms with van der Waals surface area (Å²) in [4.78, 5) is 1.28. The smallest absolute Gasteiger partial charge is 0.0347 e. The normalized spacial score (nSPS) is 16.2. The molecule has 2 N–H and O–H groups in total. The van der Waals surface area contributed by atoms with Gasteiger partial charge in [-0.15, -0.1) is 0 Å². The Balaban J connectivity index is 1.35. The number of benzene rings is 3. The highest BCUT2D eigenvalue weighted by Gasteiger charge is 2.13. The predicted molar refractivity (Wildman–Crippen MR) is 127 cm³/mol. The molecule has 0 spiro atoms. The monoisotopic (exact) mass is 417 g/mol. The van der Waals surface area contributed by atoms with Gasteiger partial charge in [-0.25, -0.2) is 4.31 Å². The van der Waals surface area contributed by atoms with Crippen LogP contribution < -0.4 is 10.6 Å². The van der Waals surface area contributed by atoms with E-state index in [1.165, 1.54) is 41.0 Å². The molecule has 1 fully saturated rings. The summed E-state index contributed by atoms with van der Waals surface area (Å²) < 4.78 is 2.43. The molecule has 1 aliphatic heterocycles. The molecule has 1 saturated heterocycles. The van der Waals surface area contributed by atoms with Gasteiger partial charge < -0.3 is 10.6 Å². The predicted octanol–water partition coefficient (Wildman–Crippen LogP) is 5.24. The SMILES string of the molecule is c1ccc(CN(Cc2ccccc2)Sc2ccc(CNCC3CCCN3)cc2)cc1. The van der Waals surface area contributed by atoms with Crippen molar-refractivity contribution >= 4 is 11.9 Å². The maximum absolute atomic E-state index is 3.59. The second kappa shape index (κ2) is 11.3. The quantitative estimate of drug-likeness (QED) is 0.441. The second-order valence-electron chi connectivity index (χ2n) is 7.93. The Bertz CT molecular complexity index is 820. The molecule has 1 unspecified atom stereocenters. The highest BCUT2D eigenvalue weighted by Crippen LogP contribution is 2.27. The highest BCUT2D eigenvalue weighted by atomic mass is 32.2. The Labute approximate surface area is 185 Å². The molecule has 1 aliphatic rings. The van der Waals surface area contributed by atoms with Crippen molar-refractivity contribution in [3.63, 3.8) is 0 Å². The number of hydrogen-bond acceptors (Lipinski definition) is 4. The van der Waals surface area contributed by atoms with E-state index >= 15 is 0 Å². The lowest BCUT2D eigenvalue weighted by atomic mass is 10.2. The van der Waals surface area contributed by atoms with Crippen LogP contribution in [0, 0.1) is 0 Å². The van der Waals surface area contributed by atoms with Crippen LogP contribution in [0.5, 0.6) is 0 Å². The Kier molecular flexibility index (Phi) is 7.98. The molecule has 1 heterocycles. The van der Waals surface area contributed by atoms with Gasteiger partial charge in [0.1, 0.15) is 0 Å². The zero-order chi connectivity index (χ0) is 20.4. The first-order valence-electron chi connectivity index (χ1n) is 10.9. The fourth-order valence-electron chi connectivity index (χ4n) is 3.83. The van der Waals surface area contributed by atoms with Gasteiger partial charge in [-0.05, 0) is 60.2 Å². The molecule has 0 bridgehead atoms. The van der Waals surface area contributed by atoms with Crippen molar-refractivity contribution < 1.29 is 0 Å². The first-order valence-corrected chi connectivity index (χ1v) is 11.7. The molecule has 156 valence electrons. The molecule has 0 amide bonds. The standard InChI is InChI=1S/C26H31N3S/c1-3-8-23(9-4-1)20-29(21-24-10-5-2-6-11-24)30-26-15-13-22(14-16-26)18-27-19-25-12-7-17-28-25/h1-6,8-11,13-16,25,27-28H,7,12,17-21H2. The minimum atomic E-state index is 0.643. The van der Waals surface area contributed by atoms with E-state index in [9.17, 15) is 0 Å². The molecular formula is C26H31N3S. The van der Waals surface area contributed by atoms with Crippen LogP contribution in [0.1, 0.15) is 29.5 Å². The van der Waals surface area contributed by atoms with E-state index in [0.29, 0.717) is 6.04 Å². The molecule has 3 aromatic rings. The molecule has 0 aliphatic carbocycles. The van der Waals surface area contributed by atoms with Crippen molar-refractivity contribution in [3.8, 4) is 0 Å².